The van der Waals surface area contributed by atoms with Gasteiger partial charge in [-0.2, -0.15) is 0 Å². The van der Waals surface area contributed by atoms with Crippen LogP contribution >= 0.6 is 11.6 Å². The van der Waals surface area contributed by atoms with Crippen molar-refractivity contribution in [1.29, 1.82) is 0 Å². The van der Waals surface area contributed by atoms with Crippen molar-refractivity contribution < 1.29 is 14.0 Å². The fourth-order valence-corrected chi connectivity index (χ4v) is 3.70. The lowest BCUT2D eigenvalue weighted by Gasteiger charge is -2.19. The second kappa shape index (κ2) is 8.09. The standard InChI is InChI=1S/C21H22ClFN2O2/c1-13(2)24-20(26)19-12-25(21(27)15-6-3-7-16(22)9-15)11-18(19)14-5-4-8-17(23)10-14/h3-10,13,18-19H,11-12H2,1-2H3,(H,24,26). The number of carbonyl (C=O) groups excluding carboxylic acids is 2. The summed E-state index contributed by atoms with van der Waals surface area (Å²) in [5.41, 5.74) is 1.20. The Morgan fingerprint density at radius 1 is 1.15 bits per heavy atom. The molecule has 1 aliphatic heterocycles. The number of amides is 2. The molecule has 2 aromatic rings. The Bertz CT molecular complexity index is 856. The lowest BCUT2D eigenvalue weighted by Crippen LogP contribution is -2.39. The predicted octanol–water partition coefficient (Wildman–Crippen LogP) is 3.86. The first-order chi connectivity index (χ1) is 12.8. The highest BCUT2D eigenvalue weighted by Crippen LogP contribution is 2.34. The Kier molecular flexibility index (Phi) is 5.80. The minimum absolute atomic E-state index is 0.0108. The smallest absolute Gasteiger partial charge is 0.253 e. The zero-order chi connectivity index (χ0) is 19.6. The van der Waals surface area contributed by atoms with Crippen molar-refractivity contribution in [1.82, 2.24) is 10.2 Å². The molecule has 1 heterocycles. The topological polar surface area (TPSA) is 49.4 Å². The third-order valence-corrected chi connectivity index (χ3v) is 4.96. The monoisotopic (exact) mass is 388 g/mol. The molecular formula is C21H22ClFN2O2. The molecule has 0 bridgehead atoms. The number of carbonyl (C=O) groups is 2. The Morgan fingerprint density at radius 3 is 2.56 bits per heavy atom. The van der Waals surface area contributed by atoms with Gasteiger partial charge in [0.05, 0.1) is 5.92 Å². The average Bonchev–Trinajstić information content (AvgIpc) is 3.06. The van der Waals surface area contributed by atoms with Crippen LogP contribution in [0.5, 0.6) is 0 Å². The van der Waals surface area contributed by atoms with Gasteiger partial charge in [0, 0.05) is 35.6 Å². The molecule has 2 unspecified atom stereocenters. The van der Waals surface area contributed by atoms with Gasteiger partial charge in [0.25, 0.3) is 5.91 Å². The summed E-state index contributed by atoms with van der Waals surface area (Å²) in [4.78, 5) is 27.3. The minimum Gasteiger partial charge on any atom is -0.354 e. The normalized spacial score (nSPS) is 19.4. The molecule has 2 atom stereocenters. The minimum atomic E-state index is -0.433. The molecule has 1 aliphatic rings. The van der Waals surface area contributed by atoms with E-state index in [1.165, 1.54) is 12.1 Å². The fraction of sp³-hybridized carbons (Fsp3) is 0.333. The zero-order valence-corrected chi connectivity index (χ0v) is 16.0. The SMILES string of the molecule is CC(C)NC(=O)C1CN(C(=O)c2cccc(Cl)c2)CC1c1cccc(F)c1. The second-order valence-corrected chi connectivity index (χ2v) is 7.59. The summed E-state index contributed by atoms with van der Waals surface area (Å²) < 4.78 is 13.7. The predicted molar refractivity (Wildman–Crippen MR) is 103 cm³/mol. The quantitative estimate of drug-likeness (QED) is 0.864. The Morgan fingerprint density at radius 2 is 1.89 bits per heavy atom. The molecule has 2 aromatic carbocycles. The van der Waals surface area contributed by atoms with Crippen molar-refractivity contribution in [3.8, 4) is 0 Å². The summed E-state index contributed by atoms with van der Waals surface area (Å²) in [5.74, 6) is -1.35. The number of nitrogens with one attached hydrogen (secondary N) is 1. The first kappa shape index (κ1) is 19.4. The average molecular weight is 389 g/mol. The van der Waals surface area contributed by atoms with Crippen LogP contribution in [0.2, 0.25) is 5.02 Å². The number of halogens is 2. The Hall–Kier alpha value is -2.40. The molecule has 2 amide bonds. The zero-order valence-electron chi connectivity index (χ0n) is 15.3. The first-order valence-electron chi connectivity index (χ1n) is 8.96. The van der Waals surface area contributed by atoms with Gasteiger partial charge in [-0.15, -0.1) is 0 Å². The largest absolute Gasteiger partial charge is 0.354 e. The second-order valence-electron chi connectivity index (χ2n) is 7.15. The van der Waals surface area contributed by atoms with Crippen molar-refractivity contribution in [3.05, 3.63) is 70.5 Å². The molecule has 6 heteroatoms. The van der Waals surface area contributed by atoms with Crippen LogP contribution in [-0.2, 0) is 4.79 Å². The summed E-state index contributed by atoms with van der Waals surface area (Å²) in [5, 5.41) is 3.40. The maximum absolute atomic E-state index is 13.7. The van der Waals surface area contributed by atoms with Crippen LogP contribution in [0.3, 0.4) is 0 Å². The van der Waals surface area contributed by atoms with Crippen LogP contribution in [0.4, 0.5) is 4.39 Å². The van der Waals surface area contributed by atoms with Crippen LogP contribution in [0.15, 0.2) is 48.5 Å². The summed E-state index contributed by atoms with van der Waals surface area (Å²) in [6.45, 7) is 4.41. The van der Waals surface area contributed by atoms with E-state index in [1.54, 1.807) is 41.3 Å². The van der Waals surface area contributed by atoms with Crippen molar-refractivity contribution in [2.24, 2.45) is 5.92 Å². The van der Waals surface area contributed by atoms with E-state index >= 15 is 0 Å². The van der Waals surface area contributed by atoms with Crippen LogP contribution in [0, 0.1) is 11.7 Å². The highest BCUT2D eigenvalue weighted by atomic mass is 35.5. The third kappa shape index (κ3) is 4.48. The fourth-order valence-electron chi connectivity index (χ4n) is 3.51. The van der Waals surface area contributed by atoms with Gasteiger partial charge in [-0.3, -0.25) is 9.59 Å². The van der Waals surface area contributed by atoms with E-state index in [2.05, 4.69) is 5.32 Å². The highest BCUT2D eigenvalue weighted by molar-refractivity contribution is 6.30. The van der Waals surface area contributed by atoms with Crippen LogP contribution in [0.25, 0.3) is 0 Å². The molecule has 0 radical (unpaired) electrons. The van der Waals surface area contributed by atoms with Crippen LogP contribution in [-0.4, -0.2) is 35.8 Å². The highest BCUT2D eigenvalue weighted by Gasteiger charge is 2.40. The number of rotatable bonds is 4. The molecule has 27 heavy (non-hydrogen) atoms. The summed E-state index contributed by atoms with van der Waals surface area (Å²) in [7, 11) is 0. The van der Waals surface area contributed by atoms with Gasteiger partial charge in [-0.25, -0.2) is 4.39 Å². The third-order valence-electron chi connectivity index (χ3n) is 4.72. The molecule has 0 aromatic heterocycles. The van der Waals surface area contributed by atoms with E-state index in [1.807, 2.05) is 13.8 Å². The molecule has 1 N–H and O–H groups in total. The van der Waals surface area contributed by atoms with E-state index in [4.69, 9.17) is 11.6 Å². The van der Waals surface area contributed by atoms with Gasteiger partial charge in [0.1, 0.15) is 5.82 Å². The molecule has 0 aliphatic carbocycles. The lowest BCUT2D eigenvalue weighted by atomic mass is 9.88. The van der Waals surface area contributed by atoms with Gasteiger partial charge in [-0.05, 0) is 49.7 Å². The maximum Gasteiger partial charge on any atom is 0.253 e. The summed E-state index contributed by atoms with van der Waals surface area (Å²) >= 11 is 6.00. The summed E-state index contributed by atoms with van der Waals surface area (Å²) in [6.07, 6.45) is 0. The molecule has 142 valence electrons. The van der Waals surface area contributed by atoms with Crippen molar-refractivity contribution in [2.45, 2.75) is 25.8 Å². The van der Waals surface area contributed by atoms with Crippen molar-refractivity contribution >= 4 is 23.4 Å². The summed E-state index contributed by atoms with van der Waals surface area (Å²) in [6, 6.07) is 13.0. The van der Waals surface area contributed by atoms with E-state index in [-0.39, 0.29) is 36.1 Å². The Balaban J connectivity index is 1.88. The molecule has 1 saturated heterocycles. The number of benzene rings is 2. The van der Waals surface area contributed by atoms with E-state index in [0.717, 1.165) is 5.56 Å². The van der Waals surface area contributed by atoms with Crippen LogP contribution < -0.4 is 5.32 Å². The van der Waals surface area contributed by atoms with E-state index in [0.29, 0.717) is 17.1 Å². The number of hydrogen-bond donors (Lipinski definition) is 1. The molecule has 4 nitrogen and oxygen atoms in total. The van der Waals surface area contributed by atoms with Gasteiger partial charge in [-0.1, -0.05) is 29.8 Å². The molecular weight excluding hydrogens is 367 g/mol. The van der Waals surface area contributed by atoms with Gasteiger partial charge < -0.3 is 10.2 Å². The molecule has 0 spiro atoms. The molecule has 1 fully saturated rings. The number of nitrogens with zero attached hydrogens (tertiary/aromatic N) is 1. The van der Waals surface area contributed by atoms with Gasteiger partial charge >= 0.3 is 0 Å². The van der Waals surface area contributed by atoms with E-state index < -0.39 is 5.92 Å². The van der Waals surface area contributed by atoms with Gasteiger partial charge in [0.2, 0.25) is 5.91 Å². The van der Waals surface area contributed by atoms with Crippen LogP contribution in [0.1, 0.15) is 35.7 Å². The van der Waals surface area contributed by atoms with Crippen molar-refractivity contribution in [2.75, 3.05) is 13.1 Å². The molecule has 0 saturated carbocycles. The lowest BCUT2D eigenvalue weighted by molar-refractivity contribution is -0.125. The maximum atomic E-state index is 13.7. The Labute approximate surface area is 163 Å². The number of hydrogen-bond acceptors (Lipinski definition) is 2. The van der Waals surface area contributed by atoms with Gasteiger partial charge in [0.15, 0.2) is 0 Å². The first-order valence-corrected chi connectivity index (χ1v) is 9.33. The molecule has 3 rings (SSSR count). The van der Waals surface area contributed by atoms with E-state index in [9.17, 15) is 14.0 Å². The number of likely N-dealkylation sites (tertiary alicyclic amines) is 1. The van der Waals surface area contributed by atoms with Crippen molar-refractivity contribution in [3.63, 3.8) is 0 Å².